The maximum Gasteiger partial charge on any atom is 0.346 e. The summed E-state index contributed by atoms with van der Waals surface area (Å²) in [5.41, 5.74) is -0.388. The second-order valence-electron chi connectivity index (χ2n) is 6.55. The van der Waals surface area contributed by atoms with E-state index >= 15 is 0 Å². The Morgan fingerprint density at radius 2 is 0.935 bits per heavy atom. The molecule has 0 fully saturated rings. The molecule has 9 nitrogen and oxygen atoms in total. The number of rotatable bonds is 4. The van der Waals surface area contributed by atoms with Crippen LogP contribution in [0.4, 0.5) is 11.4 Å². The highest BCUT2D eigenvalue weighted by atomic mass is 16.6. The number of fused-ring (bicyclic) bond motifs is 2. The zero-order valence-electron chi connectivity index (χ0n) is 15.7. The smallest absolute Gasteiger partial charge is 0.346 e. The van der Waals surface area contributed by atoms with Gasteiger partial charge in [0.05, 0.1) is 31.7 Å². The lowest BCUT2D eigenvalue weighted by Gasteiger charge is -2.08. The largest absolute Gasteiger partial charge is 0.386 e. The highest BCUT2D eigenvalue weighted by molar-refractivity contribution is 6.14. The van der Waals surface area contributed by atoms with Gasteiger partial charge < -0.3 is 4.74 Å². The van der Waals surface area contributed by atoms with Crippen LogP contribution in [-0.2, 0) is 4.74 Å². The van der Waals surface area contributed by atoms with Crippen LogP contribution in [0.3, 0.4) is 0 Å². The lowest BCUT2D eigenvalue weighted by atomic mass is 10.0. The molecule has 0 saturated heterocycles. The van der Waals surface area contributed by atoms with E-state index in [-0.39, 0.29) is 44.0 Å². The second kappa shape index (κ2) is 7.64. The molecule has 4 rings (SSSR count). The Morgan fingerprint density at radius 3 is 1.32 bits per heavy atom. The van der Waals surface area contributed by atoms with Crippen molar-refractivity contribution in [1.82, 2.24) is 0 Å². The Hall–Kier alpha value is -4.66. The van der Waals surface area contributed by atoms with Crippen LogP contribution in [0.25, 0.3) is 21.5 Å². The van der Waals surface area contributed by atoms with Gasteiger partial charge in [-0.1, -0.05) is 36.4 Å². The summed E-state index contributed by atoms with van der Waals surface area (Å²) in [5, 5.41) is 23.5. The van der Waals surface area contributed by atoms with Crippen molar-refractivity contribution in [1.29, 1.82) is 0 Å². The van der Waals surface area contributed by atoms with Gasteiger partial charge in [0.1, 0.15) is 0 Å². The fraction of sp³-hybridized carbons (Fsp3) is 0. The molecule has 4 aromatic carbocycles. The van der Waals surface area contributed by atoms with Gasteiger partial charge in [0.25, 0.3) is 11.4 Å². The number of carbonyl (C=O) groups is 2. The van der Waals surface area contributed by atoms with E-state index in [0.29, 0.717) is 0 Å². The van der Waals surface area contributed by atoms with E-state index in [2.05, 4.69) is 0 Å². The molecule has 0 aliphatic rings. The maximum absolute atomic E-state index is 12.7. The van der Waals surface area contributed by atoms with Gasteiger partial charge in [0.2, 0.25) is 0 Å². The summed E-state index contributed by atoms with van der Waals surface area (Å²) in [4.78, 5) is 46.8. The van der Waals surface area contributed by atoms with E-state index in [1.54, 1.807) is 0 Å². The predicted molar refractivity (Wildman–Crippen MR) is 111 cm³/mol. The lowest BCUT2D eigenvalue weighted by molar-refractivity contribution is -0.383. The van der Waals surface area contributed by atoms with Crippen molar-refractivity contribution in [2.75, 3.05) is 0 Å². The number of hydrogen-bond acceptors (Lipinski definition) is 7. The van der Waals surface area contributed by atoms with Gasteiger partial charge in [-0.25, -0.2) is 9.59 Å². The van der Waals surface area contributed by atoms with Gasteiger partial charge in [0, 0.05) is 22.9 Å². The summed E-state index contributed by atoms with van der Waals surface area (Å²) < 4.78 is 5.02. The monoisotopic (exact) mass is 416 g/mol. The van der Waals surface area contributed by atoms with Gasteiger partial charge in [-0.2, -0.15) is 0 Å². The Bertz CT molecular complexity index is 1300. The molecule has 152 valence electrons. The number of nitrogens with zero attached hydrogens (tertiary/aromatic N) is 2. The highest BCUT2D eigenvalue weighted by Crippen LogP contribution is 2.30. The Morgan fingerprint density at radius 1 is 0.581 bits per heavy atom. The molecule has 0 radical (unpaired) electrons. The number of esters is 2. The summed E-state index contributed by atoms with van der Waals surface area (Å²) in [5.74, 6) is -1.97. The van der Waals surface area contributed by atoms with E-state index in [4.69, 9.17) is 4.74 Å². The van der Waals surface area contributed by atoms with Gasteiger partial charge in [-0.3, -0.25) is 20.2 Å². The third-order valence-corrected chi connectivity index (χ3v) is 4.82. The van der Waals surface area contributed by atoms with Crippen molar-refractivity contribution < 1.29 is 24.2 Å². The number of nitro benzene ring substituents is 2. The maximum atomic E-state index is 12.7. The first kappa shape index (κ1) is 19.6. The molecule has 0 N–H and O–H groups in total. The summed E-state index contributed by atoms with van der Waals surface area (Å²) >= 11 is 0. The predicted octanol–water partition coefficient (Wildman–Crippen LogP) is 4.81. The number of benzene rings is 4. The van der Waals surface area contributed by atoms with Crippen LogP contribution < -0.4 is 0 Å². The molecule has 9 heteroatoms. The average molecular weight is 416 g/mol. The Balaban J connectivity index is 1.73. The number of non-ortho nitro benzene ring substituents is 2. The van der Waals surface area contributed by atoms with Gasteiger partial charge in [0.15, 0.2) is 0 Å². The fourth-order valence-corrected chi connectivity index (χ4v) is 3.46. The zero-order chi connectivity index (χ0) is 22.1. The molecule has 4 aromatic rings. The normalized spacial score (nSPS) is 10.7. The second-order valence-corrected chi connectivity index (χ2v) is 6.55. The van der Waals surface area contributed by atoms with Crippen LogP contribution in [0.5, 0.6) is 0 Å². The van der Waals surface area contributed by atoms with E-state index in [0.717, 1.165) is 0 Å². The van der Waals surface area contributed by atoms with Crippen molar-refractivity contribution in [3.05, 3.63) is 104 Å². The molecule has 0 bridgehead atoms. The number of hydrogen-bond donors (Lipinski definition) is 0. The van der Waals surface area contributed by atoms with Crippen LogP contribution in [0.15, 0.2) is 72.8 Å². The molecule has 0 spiro atoms. The molecular formula is C22H12N2O7. The summed E-state index contributed by atoms with van der Waals surface area (Å²) in [7, 11) is 0. The first-order chi connectivity index (χ1) is 14.9. The third-order valence-electron chi connectivity index (χ3n) is 4.82. The van der Waals surface area contributed by atoms with Crippen LogP contribution in [0.2, 0.25) is 0 Å². The van der Waals surface area contributed by atoms with Crippen LogP contribution >= 0.6 is 0 Å². The molecule has 0 aliphatic carbocycles. The molecule has 31 heavy (non-hydrogen) atoms. The van der Waals surface area contributed by atoms with E-state index in [9.17, 15) is 29.8 Å². The molecule has 0 unspecified atom stereocenters. The summed E-state index contributed by atoms with van der Waals surface area (Å²) in [6, 6.07) is 17.2. The number of nitro groups is 2. The van der Waals surface area contributed by atoms with Crippen molar-refractivity contribution >= 4 is 44.9 Å². The van der Waals surface area contributed by atoms with Crippen molar-refractivity contribution in [3.8, 4) is 0 Å². The van der Waals surface area contributed by atoms with Gasteiger partial charge >= 0.3 is 11.9 Å². The first-order valence-corrected chi connectivity index (χ1v) is 8.97. The lowest BCUT2D eigenvalue weighted by Crippen LogP contribution is -2.13. The topological polar surface area (TPSA) is 130 Å². The molecule has 0 heterocycles. The van der Waals surface area contributed by atoms with E-state index in [1.807, 2.05) is 0 Å². The Kier molecular flexibility index (Phi) is 4.84. The molecule has 0 amide bonds. The minimum absolute atomic E-state index is 0.0132. The quantitative estimate of drug-likeness (QED) is 0.202. The molecular weight excluding hydrogens is 404 g/mol. The van der Waals surface area contributed by atoms with Crippen molar-refractivity contribution in [2.24, 2.45) is 0 Å². The fourth-order valence-electron chi connectivity index (χ4n) is 3.46. The minimum atomic E-state index is -0.987. The van der Waals surface area contributed by atoms with Crippen LogP contribution in [0, 0.1) is 20.2 Å². The molecule has 0 atom stereocenters. The molecule has 0 saturated carbocycles. The molecule has 0 aromatic heterocycles. The zero-order valence-corrected chi connectivity index (χ0v) is 15.7. The Labute approximate surface area is 173 Å². The van der Waals surface area contributed by atoms with E-state index < -0.39 is 21.8 Å². The SMILES string of the molecule is O=C(OC(=O)c1cccc2c([N+](=O)[O-])cccc12)c1cccc2c([N+](=O)[O-])cccc12. The highest BCUT2D eigenvalue weighted by Gasteiger charge is 2.22. The first-order valence-electron chi connectivity index (χ1n) is 8.97. The number of carbonyl (C=O) groups excluding carboxylic acids is 2. The van der Waals surface area contributed by atoms with E-state index in [1.165, 1.54) is 72.8 Å². The van der Waals surface area contributed by atoms with Crippen molar-refractivity contribution in [3.63, 3.8) is 0 Å². The van der Waals surface area contributed by atoms with Gasteiger partial charge in [-0.05, 0) is 24.3 Å². The van der Waals surface area contributed by atoms with Gasteiger partial charge in [-0.15, -0.1) is 0 Å². The number of ether oxygens (including phenoxy) is 1. The summed E-state index contributed by atoms with van der Waals surface area (Å²) in [6.07, 6.45) is 0. The average Bonchev–Trinajstić information content (AvgIpc) is 2.77. The third kappa shape index (κ3) is 3.44. The van der Waals surface area contributed by atoms with Crippen LogP contribution in [0.1, 0.15) is 20.7 Å². The van der Waals surface area contributed by atoms with Crippen molar-refractivity contribution in [2.45, 2.75) is 0 Å². The standard InChI is InChI=1S/C22H12N2O7/c25-21(17-9-1-7-15-13(17)5-3-11-19(15)23(27)28)31-22(26)18-10-2-8-16-14(18)6-4-12-20(16)24(29)30/h1-12H. The minimum Gasteiger partial charge on any atom is -0.386 e. The molecule has 0 aliphatic heterocycles. The van der Waals surface area contributed by atoms with Crippen LogP contribution in [-0.4, -0.2) is 21.8 Å². The summed E-state index contributed by atoms with van der Waals surface area (Å²) in [6.45, 7) is 0.